The van der Waals surface area contributed by atoms with Crippen molar-refractivity contribution in [3.8, 4) is 0 Å². The second-order valence-corrected chi connectivity index (χ2v) is 6.21. The van der Waals surface area contributed by atoms with E-state index in [2.05, 4.69) is 27.0 Å². The zero-order valence-corrected chi connectivity index (χ0v) is 13.0. The van der Waals surface area contributed by atoms with Crippen LogP contribution in [0.1, 0.15) is 29.3 Å². The fraction of sp³-hybridized carbons (Fsp3) is 0.312. The summed E-state index contributed by atoms with van der Waals surface area (Å²) in [5.74, 6) is 0. The third-order valence-corrected chi connectivity index (χ3v) is 3.63. The summed E-state index contributed by atoms with van der Waals surface area (Å²) in [5, 5.41) is 10.7. The molecule has 0 saturated carbocycles. The second kappa shape index (κ2) is 5.43. The van der Waals surface area contributed by atoms with E-state index in [-0.39, 0.29) is 0 Å². The Labute approximate surface area is 122 Å². The molecule has 1 N–H and O–H groups in total. The van der Waals surface area contributed by atoms with Crippen molar-refractivity contribution in [2.75, 3.05) is 0 Å². The standard InChI is InChI=1S/C16H18BrNO/c1-11-6-12(2)8-13(7-11)16(3,19)9-15-5-4-14(17)10-18-15/h4-8,10,19H,9H2,1-3H3. The van der Waals surface area contributed by atoms with Gasteiger partial charge < -0.3 is 5.11 Å². The molecule has 1 atom stereocenters. The van der Waals surface area contributed by atoms with Crippen LogP contribution in [0.15, 0.2) is 41.0 Å². The Hall–Kier alpha value is -1.19. The van der Waals surface area contributed by atoms with E-state index in [4.69, 9.17) is 0 Å². The number of hydrogen-bond donors (Lipinski definition) is 1. The predicted octanol–water partition coefficient (Wildman–Crippen LogP) is 3.91. The molecule has 1 aromatic carbocycles. The van der Waals surface area contributed by atoms with Crippen molar-refractivity contribution in [2.45, 2.75) is 32.8 Å². The van der Waals surface area contributed by atoms with E-state index in [1.165, 1.54) is 11.1 Å². The van der Waals surface area contributed by atoms with Crippen molar-refractivity contribution < 1.29 is 5.11 Å². The SMILES string of the molecule is Cc1cc(C)cc(C(C)(O)Cc2ccc(Br)cn2)c1. The average molecular weight is 320 g/mol. The van der Waals surface area contributed by atoms with Gasteiger partial charge in [0.1, 0.15) is 0 Å². The molecule has 0 bridgehead atoms. The zero-order chi connectivity index (χ0) is 14.0. The van der Waals surface area contributed by atoms with Crippen LogP contribution < -0.4 is 0 Å². The van der Waals surface area contributed by atoms with Crippen molar-refractivity contribution in [1.29, 1.82) is 0 Å². The van der Waals surface area contributed by atoms with Crippen LogP contribution in [0, 0.1) is 13.8 Å². The van der Waals surface area contributed by atoms with Crippen LogP contribution in [-0.2, 0) is 12.0 Å². The molecule has 1 heterocycles. The molecule has 0 spiro atoms. The molecule has 1 aromatic heterocycles. The first-order valence-electron chi connectivity index (χ1n) is 6.28. The first-order chi connectivity index (χ1) is 8.87. The lowest BCUT2D eigenvalue weighted by Gasteiger charge is -2.24. The Morgan fingerprint density at radius 1 is 1.16 bits per heavy atom. The number of benzene rings is 1. The summed E-state index contributed by atoms with van der Waals surface area (Å²) in [4.78, 5) is 4.33. The van der Waals surface area contributed by atoms with Crippen LogP contribution in [0.5, 0.6) is 0 Å². The molecule has 0 fully saturated rings. The summed E-state index contributed by atoms with van der Waals surface area (Å²) in [6, 6.07) is 10.1. The van der Waals surface area contributed by atoms with Gasteiger partial charge in [-0.3, -0.25) is 4.98 Å². The topological polar surface area (TPSA) is 33.1 Å². The third kappa shape index (κ3) is 3.64. The van der Waals surface area contributed by atoms with Gasteiger partial charge in [0.05, 0.1) is 5.60 Å². The maximum absolute atomic E-state index is 10.7. The van der Waals surface area contributed by atoms with E-state index in [0.717, 1.165) is 15.7 Å². The predicted molar refractivity (Wildman–Crippen MR) is 81.1 cm³/mol. The van der Waals surface area contributed by atoms with Gasteiger partial charge in [-0.25, -0.2) is 0 Å². The Kier molecular flexibility index (Phi) is 4.07. The van der Waals surface area contributed by atoms with Gasteiger partial charge in [-0.15, -0.1) is 0 Å². The largest absolute Gasteiger partial charge is 0.385 e. The smallest absolute Gasteiger partial charge is 0.0923 e. The monoisotopic (exact) mass is 319 g/mol. The van der Waals surface area contributed by atoms with Crippen molar-refractivity contribution in [3.05, 3.63) is 63.4 Å². The summed E-state index contributed by atoms with van der Waals surface area (Å²) in [7, 11) is 0. The molecule has 0 aliphatic carbocycles. The van der Waals surface area contributed by atoms with Crippen molar-refractivity contribution in [1.82, 2.24) is 4.98 Å². The van der Waals surface area contributed by atoms with E-state index >= 15 is 0 Å². The van der Waals surface area contributed by atoms with Gasteiger partial charge in [-0.2, -0.15) is 0 Å². The zero-order valence-electron chi connectivity index (χ0n) is 11.4. The first kappa shape index (κ1) is 14.2. The lowest BCUT2D eigenvalue weighted by atomic mass is 9.89. The molecule has 1 unspecified atom stereocenters. The highest BCUT2D eigenvalue weighted by Crippen LogP contribution is 2.26. The van der Waals surface area contributed by atoms with Gasteiger partial charge in [-0.1, -0.05) is 29.3 Å². The van der Waals surface area contributed by atoms with Crippen LogP contribution in [0.3, 0.4) is 0 Å². The number of pyridine rings is 1. The molecule has 19 heavy (non-hydrogen) atoms. The van der Waals surface area contributed by atoms with Crippen molar-refractivity contribution >= 4 is 15.9 Å². The minimum Gasteiger partial charge on any atom is -0.385 e. The third-order valence-electron chi connectivity index (χ3n) is 3.16. The molecular formula is C16H18BrNO. The van der Waals surface area contributed by atoms with Gasteiger partial charge in [0.25, 0.3) is 0 Å². The molecule has 0 radical (unpaired) electrons. The van der Waals surface area contributed by atoms with E-state index in [9.17, 15) is 5.11 Å². The molecule has 0 aliphatic rings. The van der Waals surface area contributed by atoms with Gasteiger partial charge in [0.15, 0.2) is 0 Å². The lowest BCUT2D eigenvalue weighted by Crippen LogP contribution is -2.25. The Balaban J connectivity index is 2.28. The van der Waals surface area contributed by atoms with Crippen LogP contribution in [0.4, 0.5) is 0 Å². The van der Waals surface area contributed by atoms with Crippen LogP contribution in [-0.4, -0.2) is 10.1 Å². The van der Waals surface area contributed by atoms with Crippen LogP contribution in [0.25, 0.3) is 0 Å². The molecule has 0 aliphatic heterocycles. The number of nitrogens with zero attached hydrogens (tertiary/aromatic N) is 1. The normalized spacial score (nSPS) is 14.2. The fourth-order valence-electron chi connectivity index (χ4n) is 2.25. The summed E-state index contributed by atoms with van der Waals surface area (Å²) in [6.45, 7) is 5.93. The molecule has 0 amide bonds. The van der Waals surface area contributed by atoms with Gasteiger partial charge in [0, 0.05) is 22.8 Å². The highest BCUT2D eigenvalue weighted by atomic mass is 79.9. The minimum absolute atomic E-state index is 0.503. The summed E-state index contributed by atoms with van der Waals surface area (Å²) < 4.78 is 0.947. The van der Waals surface area contributed by atoms with Crippen LogP contribution in [0.2, 0.25) is 0 Å². The lowest BCUT2D eigenvalue weighted by molar-refractivity contribution is 0.0565. The summed E-state index contributed by atoms with van der Waals surface area (Å²) in [6.07, 6.45) is 2.26. The number of aromatic nitrogens is 1. The molecule has 100 valence electrons. The van der Waals surface area contributed by atoms with Gasteiger partial charge in [-0.05, 0) is 54.4 Å². The van der Waals surface area contributed by atoms with Crippen molar-refractivity contribution in [2.24, 2.45) is 0 Å². The molecule has 0 saturated heterocycles. The second-order valence-electron chi connectivity index (χ2n) is 5.29. The van der Waals surface area contributed by atoms with Gasteiger partial charge in [0.2, 0.25) is 0 Å². The van der Waals surface area contributed by atoms with Gasteiger partial charge >= 0.3 is 0 Å². The quantitative estimate of drug-likeness (QED) is 0.930. The molecular weight excluding hydrogens is 302 g/mol. The van der Waals surface area contributed by atoms with E-state index in [1.54, 1.807) is 6.20 Å². The van der Waals surface area contributed by atoms with E-state index in [0.29, 0.717) is 6.42 Å². The summed E-state index contributed by atoms with van der Waals surface area (Å²) in [5.41, 5.74) is 3.25. The minimum atomic E-state index is -0.905. The highest BCUT2D eigenvalue weighted by molar-refractivity contribution is 9.10. The first-order valence-corrected chi connectivity index (χ1v) is 7.08. The van der Waals surface area contributed by atoms with Crippen molar-refractivity contribution in [3.63, 3.8) is 0 Å². The molecule has 2 aromatic rings. The maximum atomic E-state index is 10.7. The highest BCUT2D eigenvalue weighted by Gasteiger charge is 2.24. The Bertz CT molecular complexity index is 556. The molecule has 3 heteroatoms. The number of aliphatic hydroxyl groups is 1. The Morgan fingerprint density at radius 2 is 1.79 bits per heavy atom. The van der Waals surface area contributed by atoms with Crippen LogP contribution >= 0.6 is 15.9 Å². The maximum Gasteiger partial charge on any atom is 0.0923 e. The number of rotatable bonds is 3. The average Bonchev–Trinajstić information content (AvgIpc) is 2.31. The molecule has 2 nitrogen and oxygen atoms in total. The Morgan fingerprint density at radius 3 is 2.32 bits per heavy atom. The number of halogens is 1. The fourth-order valence-corrected chi connectivity index (χ4v) is 2.49. The number of aryl methyl sites for hydroxylation is 2. The van der Waals surface area contributed by atoms with E-state index in [1.807, 2.05) is 45.0 Å². The van der Waals surface area contributed by atoms with E-state index < -0.39 is 5.60 Å². The molecule has 2 rings (SSSR count). The summed E-state index contributed by atoms with van der Waals surface area (Å²) >= 11 is 3.36. The number of hydrogen-bond acceptors (Lipinski definition) is 2.